The summed E-state index contributed by atoms with van der Waals surface area (Å²) in [6.45, 7) is 22.3. The van der Waals surface area contributed by atoms with Crippen molar-refractivity contribution >= 4 is 44.6 Å². The van der Waals surface area contributed by atoms with Gasteiger partial charge in [0.15, 0.2) is 0 Å². The van der Waals surface area contributed by atoms with Crippen LogP contribution in [0, 0.1) is 30.4 Å². The van der Waals surface area contributed by atoms with Crippen LogP contribution in [0.15, 0.2) is 176 Å². The van der Waals surface area contributed by atoms with Crippen LogP contribution in [0.3, 0.4) is 0 Å². The van der Waals surface area contributed by atoms with Crippen molar-refractivity contribution in [2.75, 3.05) is 9.80 Å². The molecule has 1 aliphatic rings. The Bertz CT molecular complexity index is 3630. The summed E-state index contributed by atoms with van der Waals surface area (Å²) in [5.41, 5.74) is 14.1. The molecule has 0 radical (unpaired) electrons. The molecular formula is C66H57F2N4OPt-3. The number of anilines is 4. The van der Waals surface area contributed by atoms with E-state index in [1.807, 2.05) is 42.6 Å². The number of halogens is 2. The van der Waals surface area contributed by atoms with Crippen molar-refractivity contribution in [2.45, 2.75) is 78.6 Å². The maximum Gasteiger partial charge on any atom is 0.135 e. The van der Waals surface area contributed by atoms with E-state index in [1.54, 1.807) is 24.3 Å². The van der Waals surface area contributed by atoms with Gasteiger partial charge in [-0.1, -0.05) is 159 Å². The van der Waals surface area contributed by atoms with Crippen LogP contribution in [0.25, 0.3) is 61.0 Å². The van der Waals surface area contributed by atoms with E-state index in [9.17, 15) is 8.78 Å². The summed E-state index contributed by atoms with van der Waals surface area (Å²) in [7, 11) is 0. The zero-order chi connectivity index (χ0) is 51.0. The number of nitrogens with zero attached hydrogens (tertiary/aromatic N) is 4. The molecule has 74 heavy (non-hydrogen) atoms. The minimum Gasteiger partial charge on any atom is -0.509 e. The Kier molecular flexibility index (Phi) is 13.0. The van der Waals surface area contributed by atoms with Gasteiger partial charge in [-0.25, -0.2) is 13.8 Å². The molecule has 1 aliphatic heterocycles. The Morgan fingerprint density at radius 3 is 1.66 bits per heavy atom. The summed E-state index contributed by atoms with van der Waals surface area (Å²) < 4.78 is 38.2. The second kappa shape index (κ2) is 19.2. The van der Waals surface area contributed by atoms with E-state index in [4.69, 9.17) is 9.72 Å². The molecule has 0 spiro atoms. The Hall–Kier alpha value is -7.34. The first-order valence-electron chi connectivity index (χ1n) is 24.9. The number of para-hydroxylation sites is 4. The van der Waals surface area contributed by atoms with Gasteiger partial charge in [-0.2, -0.15) is 6.07 Å². The standard InChI is InChI=1S/C66H57F2N4O.Pt/c1-64(2,3)46-31-32-69-62(38-46)72-58-18-11-10-15-56(58)57-30-29-52(40-61(57)72)73-53-36-45(44-33-47(65(4,5)6)37-48(34-44)66(7,8)9)35-51(39-53)70-41-71(60-20-13-12-19-59(60)70)63-54(42-21-25-49(67)26-22-42)16-14-17-55(63)43-23-27-50(68)28-24-43;/h10-38,41H,1-9H3;/q-3;. The minimum atomic E-state index is -0.317. The zero-order valence-electron chi connectivity index (χ0n) is 43.1. The largest absolute Gasteiger partial charge is 0.509 e. The Morgan fingerprint density at radius 1 is 0.486 bits per heavy atom. The van der Waals surface area contributed by atoms with Crippen molar-refractivity contribution in [3.05, 3.63) is 223 Å². The number of benzene rings is 8. The number of pyridine rings is 1. The van der Waals surface area contributed by atoms with Gasteiger partial charge in [0.1, 0.15) is 17.5 Å². The van der Waals surface area contributed by atoms with Crippen molar-refractivity contribution in [3.63, 3.8) is 0 Å². The maximum absolute atomic E-state index is 14.5. The summed E-state index contributed by atoms with van der Waals surface area (Å²) in [5.74, 6) is 1.23. The van der Waals surface area contributed by atoms with Crippen LogP contribution in [0.2, 0.25) is 0 Å². The summed E-state index contributed by atoms with van der Waals surface area (Å²) >= 11 is 0. The van der Waals surface area contributed by atoms with E-state index in [-0.39, 0.29) is 48.9 Å². The van der Waals surface area contributed by atoms with Crippen molar-refractivity contribution in [2.24, 2.45) is 0 Å². The molecule has 8 aromatic carbocycles. The second-order valence-electron chi connectivity index (χ2n) is 22.2. The summed E-state index contributed by atoms with van der Waals surface area (Å²) in [6.07, 6.45) is 1.89. The van der Waals surface area contributed by atoms with Crippen molar-refractivity contribution in [3.8, 4) is 50.7 Å². The second-order valence-corrected chi connectivity index (χ2v) is 22.2. The van der Waals surface area contributed by atoms with Gasteiger partial charge < -0.3 is 19.1 Å². The average molecular weight is 1160 g/mol. The van der Waals surface area contributed by atoms with E-state index >= 15 is 0 Å². The van der Waals surface area contributed by atoms with E-state index in [2.05, 4.69) is 180 Å². The van der Waals surface area contributed by atoms with Crippen LogP contribution in [0.1, 0.15) is 79.0 Å². The number of ether oxygens (including phenoxy) is 1. The van der Waals surface area contributed by atoms with Gasteiger partial charge in [0.05, 0.1) is 0 Å². The Labute approximate surface area is 448 Å². The van der Waals surface area contributed by atoms with Crippen LogP contribution in [-0.2, 0) is 37.3 Å². The summed E-state index contributed by atoms with van der Waals surface area (Å²) in [6, 6.07) is 62.9. The molecule has 8 heteroatoms. The van der Waals surface area contributed by atoms with Gasteiger partial charge in [-0.15, -0.1) is 53.6 Å². The fourth-order valence-corrected chi connectivity index (χ4v) is 9.85. The molecule has 5 nitrogen and oxygen atoms in total. The third-order valence-corrected chi connectivity index (χ3v) is 13.9. The van der Waals surface area contributed by atoms with Crippen LogP contribution < -0.4 is 14.5 Å². The molecular weight excluding hydrogens is 1100 g/mol. The molecule has 3 heterocycles. The smallest absolute Gasteiger partial charge is 0.135 e. The molecule has 2 aromatic heterocycles. The van der Waals surface area contributed by atoms with Crippen molar-refractivity contribution in [1.29, 1.82) is 0 Å². The Balaban J connectivity index is 0.00000626. The van der Waals surface area contributed by atoms with Crippen LogP contribution in [0.4, 0.5) is 31.5 Å². The monoisotopic (exact) mass is 1150 g/mol. The zero-order valence-corrected chi connectivity index (χ0v) is 45.4. The first-order chi connectivity index (χ1) is 34.9. The van der Waals surface area contributed by atoms with Crippen molar-refractivity contribution < 1.29 is 34.6 Å². The minimum absolute atomic E-state index is 0. The SMILES string of the molecule is CC(C)(C)c1cc(-c2cc(Oc3[c-]c4c(cc3)c3ccccc3n4-c3cc(C(C)(C)C)ccn3)[c-]c(N3[CH-]N(c4c(-c5ccc(F)cc5)cccc4-c4ccc(F)cc4)c4ccccc43)c2)cc(C(C)(C)C)c1.[Pt]. The third kappa shape index (κ3) is 9.55. The van der Waals surface area contributed by atoms with Crippen LogP contribution >= 0.6 is 0 Å². The number of rotatable bonds is 8. The van der Waals surface area contributed by atoms with E-state index in [0.717, 1.165) is 83.8 Å². The third-order valence-electron chi connectivity index (χ3n) is 13.9. The summed E-state index contributed by atoms with van der Waals surface area (Å²) in [4.78, 5) is 9.24. The predicted octanol–water partition coefficient (Wildman–Crippen LogP) is 18.1. The molecule has 0 unspecified atom stereocenters. The van der Waals surface area contributed by atoms with E-state index in [0.29, 0.717) is 11.5 Å². The molecule has 0 atom stereocenters. The molecule has 0 amide bonds. The van der Waals surface area contributed by atoms with Crippen LogP contribution in [-0.4, -0.2) is 9.55 Å². The number of hydrogen-bond acceptors (Lipinski definition) is 4. The molecule has 0 bridgehead atoms. The fourth-order valence-electron chi connectivity index (χ4n) is 9.85. The van der Waals surface area contributed by atoms with Gasteiger partial charge in [-0.05, 0) is 110 Å². The quantitative estimate of drug-likeness (QED) is 0.142. The first-order valence-corrected chi connectivity index (χ1v) is 24.9. The molecule has 374 valence electrons. The van der Waals surface area contributed by atoms with E-state index in [1.165, 1.54) is 41.0 Å². The molecule has 0 saturated carbocycles. The maximum atomic E-state index is 14.5. The topological polar surface area (TPSA) is 33.5 Å². The molecule has 0 aliphatic carbocycles. The first kappa shape index (κ1) is 50.2. The average Bonchev–Trinajstić information content (AvgIpc) is 3.92. The van der Waals surface area contributed by atoms with Gasteiger partial charge in [0.2, 0.25) is 0 Å². The van der Waals surface area contributed by atoms with Gasteiger partial charge in [-0.3, -0.25) is 0 Å². The Morgan fingerprint density at radius 2 is 1.05 bits per heavy atom. The molecule has 10 aromatic rings. The number of fused-ring (bicyclic) bond motifs is 4. The van der Waals surface area contributed by atoms with Gasteiger partial charge >= 0.3 is 0 Å². The predicted molar refractivity (Wildman–Crippen MR) is 297 cm³/mol. The van der Waals surface area contributed by atoms with Crippen LogP contribution in [0.5, 0.6) is 11.5 Å². The van der Waals surface area contributed by atoms with E-state index < -0.39 is 0 Å². The number of aromatic nitrogens is 2. The number of hydrogen-bond donors (Lipinski definition) is 0. The van der Waals surface area contributed by atoms with Gasteiger partial charge in [0.25, 0.3) is 0 Å². The molecule has 0 fully saturated rings. The van der Waals surface area contributed by atoms with Crippen molar-refractivity contribution in [1.82, 2.24) is 9.55 Å². The summed E-state index contributed by atoms with van der Waals surface area (Å²) in [5, 5.41) is 2.14. The molecule has 11 rings (SSSR count). The van der Waals surface area contributed by atoms with Gasteiger partial charge in [0, 0.05) is 72.5 Å². The molecule has 0 saturated heterocycles. The molecule has 0 N–H and O–H groups in total. The normalized spacial score (nSPS) is 12.9. The fraction of sp³-hybridized carbons (Fsp3) is 0.182.